The van der Waals surface area contributed by atoms with E-state index in [0.717, 1.165) is 16.9 Å². The van der Waals surface area contributed by atoms with Gasteiger partial charge < -0.3 is 10.5 Å². The molecule has 0 aliphatic rings. The molecule has 0 spiro atoms. The third-order valence-electron chi connectivity index (χ3n) is 3.11. The van der Waals surface area contributed by atoms with Gasteiger partial charge in [0.25, 0.3) is 0 Å². The molecule has 0 saturated carbocycles. The molecule has 0 radical (unpaired) electrons. The van der Waals surface area contributed by atoms with Crippen molar-refractivity contribution in [2.45, 2.75) is 19.8 Å². The first kappa shape index (κ1) is 15.8. The SMILES string of the molecule is COC(=O)c1sc(-c2ccc(Cl)cc2F)c(C(C)C)c1N. The molecule has 1 aromatic heterocycles. The third-order valence-corrected chi connectivity index (χ3v) is 4.58. The Morgan fingerprint density at radius 1 is 1.43 bits per heavy atom. The summed E-state index contributed by atoms with van der Waals surface area (Å²) in [7, 11) is 1.29. The number of methoxy groups -OCH3 is 1. The molecule has 0 fully saturated rings. The summed E-state index contributed by atoms with van der Waals surface area (Å²) in [6.07, 6.45) is 0. The maximum Gasteiger partial charge on any atom is 0.350 e. The average Bonchev–Trinajstić information content (AvgIpc) is 2.75. The molecule has 0 saturated heterocycles. The minimum atomic E-state index is -0.514. The van der Waals surface area contributed by atoms with Crippen LogP contribution in [0.15, 0.2) is 18.2 Å². The number of hydrogen-bond donors (Lipinski definition) is 1. The highest BCUT2D eigenvalue weighted by Crippen LogP contribution is 2.43. The fourth-order valence-electron chi connectivity index (χ4n) is 2.15. The van der Waals surface area contributed by atoms with Crippen molar-refractivity contribution in [2.24, 2.45) is 0 Å². The molecule has 0 atom stereocenters. The Labute approximate surface area is 131 Å². The molecular weight excluding hydrogens is 313 g/mol. The van der Waals surface area contributed by atoms with Crippen molar-refractivity contribution in [1.82, 2.24) is 0 Å². The number of benzene rings is 1. The number of anilines is 1. The Kier molecular flexibility index (Phi) is 4.54. The van der Waals surface area contributed by atoms with E-state index in [-0.39, 0.29) is 5.92 Å². The molecule has 21 heavy (non-hydrogen) atoms. The number of nitrogen functional groups attached to an aromatic ring is 1. The fraction of sp³-hybridized carbons (Fsp3) is 0.267. The molecule has 2 rings (SSSR count). The number of ether oxygens (including phenoxy) is 1. The zero-order chi connectivity index (χ0) is 15.7. The number of rotatable bonds is 3. The normalized spacial score (nSPS) is 11.0. The van der Waals surface area contributed by atoms with Crippen molar-refractivity contribution in [3.8, 4) is 10.4 Å². The quantitative estimate of drug-likeness (QED) is 0.831. The Morgan fingerprint density at radius 2 is 2.10 bits per heavy atom. The lowest BCUT2D eigenvalue weighted by atomic mass is 9.98. The average molecular weight is 328 g/mol. The molecule has 0 aliphatic heterocycles. The minimum Gasteiger partial charge on any atom is -0.465 e. The van der Waals surface area contributed by atoms with E-state index in [1.165, 1.54) is 13.2 Å². The molecule has 0 aliphatic carbocycles. The number of halogens is 2. The van der Waals surface area contributed by atoms with E-state index in [0.29, 0.717) is 26.0 Å². The van der Waals surface area contributed by atoms with Crippen molar-refractivity contribution in [3.05, 3.63) is 39.5 Å². The summed E-state index contributed by atoms with van der Waals surface area (Å²) in [5, 5.41) is 0.320. The third kappa shape index (κ3) is 2.89. The first-order chi connectivity index (χ1) is 9.86. The van der Waals surface area contributed by atoms with Gasteiger partial charge in [-0.15, -0.1) is 11.3 Å². The zero-order valence-corrected chi connectivity index (χ0v) is 13.4. The lowest BCUT2D eigenvalue weighted by Gasteiger charge is -2.10. The van der Waals surface area contributed by atoms with E-state index >= 15 is 0 Å². The lowest BCUT2D eigenvalue weighted by molar-refractivity contribution is 0.0607. The summed E-state index contributed by atoms with van der Waals surface area (Å²) >= 11 is 6.92. The van der Waals surface area contributed by atoms with Gasteiger partial charge in [-0.1, -0.05) is 25.4 Å². The number of carbonyl (C=O) groups is 1. The van der Waals surface area contributed by atoms with Crippen LogP contribution in [0.3, 0.4) is 0 Å². The zero-order valence-electron chi connectivity index (χ0n) is 11.9. The van der Waals surface area contributed by atoms with Crippen LogP contribution >= 0.6 is 22.9 Å². The van der Waals surface area contributed by atoms with E-state index in [2.05, 4.69) is 0 Å². The second kappa shape index (κ2) is 6.03. The van der Waals surface area contributed by atoms with Crippen LogP contribution in [0.5, 0.6) is 0 Å². The molecule has 6 heteroatoms. The monoisotopic (exact) mass is 327 g/mol. The molecule has 2 N–H and O–H groups in total. The van der Waals surface area contributed by atoms with Gasteiger partial charge in [0.2, 0.25) is 0 Å². The van der Waals surface area contributed by atoms with Crippen molar-refractivity contribution in [1.29, 1.82) is 0 Å². The highest BCUT2D eigenvalue weighted by Gasteiger charge is 2.25. The van der Waals surface area contributed by atoms with Crippen molar-refractivity contribution in [3.63, 3.8) is 0 Å². The van der Waals surface area contributed by atoms with Gasteiger partial charge in [-0.05, 0) is 29.7 Å². The van der Waals surface area contributed by atoms with Gasteiger partial charge in [0.15, 0.2) is 0 Å². The summed E-state index contributed by atoms with van der Waals surface area (Å²) in [4.78, 5) is 12.7. The summed E-state index contributed by atoms with van der Waals surface area (Å²) in [6, 6.07) is 4.45. The van der Waals surface area contributed by atoms with Gasteiger partial charge in [-0.3, -0.25) is 0 Å². The first-order valence-electron chi connectivity index (χ1n) is 6.32. The van der Waals surface area contributed by atoms with Crippen molar-refractivity contribution >= 4 is 34.6 Å². The second-order valence-electron chi connectivity index (χ2n) is 4.86. The maximum atomic E-state index is 14.2. The molecule has 2 aromatic rings. The fourth-order valence-corrected chi connectivity index (χ4v) is 3.63. The lowest BCUT2D eigenvalue weighted by Crippen LogP contribution is -2.03. The summed E-state index contributed by atoms with van der Waals surface area (Å²) in [6.45, 7) is 3.88. The standard InChI is InChI=1S/C15H15ClFNO2S/c1-7(2)11-12(18)14(15(19)20-3)21-13(11)9-5-4-8(16)6-10(9)17/h4-7H,18H2,1-3H3. The second-order valence-corrected chi connectivity index (χ2v) is 6.32. The molecule has 3 nitrogen and oxygen atoms in total. The van der Waals surface area contributed by atoms with Crippen molar-refractivity contribution < 1.29 is 13.9 Å². The van der Waals surface area contributed by atoms with Crippen LogP contribution < -0.4 is 5.73 Å². The molecule has 112 valence electrons. The molecule has 1 heterocycles. The predicted octanol–water partition coefficient (Wildman–Crippen LogP) is 4.70. The summed E-state index contributed by atoms with van der Waals surface area (Å²) in [5.41, 5.74) is 7.55. The van der Waals surface area contributed by atoms with Crippen LogP contribution in [-0.4, -0.2) is 13.1 Å². The number of nitrogens with two attached hydrogens (primary N) is 1. The first-order valence-corrected chi connectivity index (χ1v) is 7.52. The molecular formula is C15H15ClFNO2S. The van der Waals surface area contributed by atoms with Crippen LogP contribution in [0.1, 0.15) is 35.0 Å². The van der Waals surface area contributed by atoms with Gasteiger partial charge in [0.1, 0.15) is 10.7 Å². The highest BCUT2D eigenvalue weighted by atomic mass is 35.5. The topological polar surface area (TPSA) is 52.3 Å². The number of thiophene rings is 1. The molecule has 0 bridgehead atoms. The van der Waals surface area contributed by atoms with E-state index in [1.807, 2.05) is 13.8 Å². The van der Waals surface area contributed by atoms with E-state index in [4.69, 9.17) is 22.1 Å². The van der Waals surface area contributed by atoms with E-state index in [1.54, 1.807) is 12.1 Å². The van der Waals surface area contributed by atoms with Crippen molar-refractivity contribution in [2.75, 3.05) is 12.8 Å². The Hall–Kier alpha value is -1.59. The molecule has 0 unspecified atom stereocenters. The Bertz CT molecular complexity index is 697. The van der Waals surface area contributed by atoms with Gasteiger partial charge in [0.05, 0.1) is 12.8 Å². The largest absolute Gasteiger partial charge is 0.465 e. The van der Waals surface area contributed by atoms with Gasteiger partial charge in [0, 0.05) is 15.5 Å². The summed E-state index contributed by atoms with van der Waals surface area (Å²) < 4.78 is 18.9. The Morgan fingerprint density at radius 3 is 2.62 bits per heavy atom. The number of carbonyl (C=O) groups excluding carboxylic acids is 1. The maximum absolute atomic E-state index is 14.2. The Balaban J connectivity index is 2.70. The minimum absolute atomic E-state index is 0.0461. The van der Waals surface area contributed by atoms with Crippen LogP contribution in [-0.2, 0) is 4.74 Å². The van der Waals surface area contributed by atoms with Gasteiger partial charge in [-0.2, -0.15) is 0 Å². The predicted molar refractivity (Wildman–Crippen MR) is 84.6 cm³/mol. The van der Waals surface area contributed by atoms with Crippen LogP contribution in [0.25, 0.3) is 10.4 Å². The number of hydrogen-bond acceptors (Lipinski definition) is 4. The van der Waals surface area contributed by atoms with E-state index < -0.39 is 11.8 Å². The van der Waals surface area contributed by atoms with E-state index in [9.17, 15) is 9.18 Å². The highest BCUT2D eigenvalue weighted by molar-refractivity contribution is 7.18. The van der Waals surface area contributed by atoms with Crippen LogP contribution in [0, 0.1) is 5.82 Å². The van der Waals surface area contributed by atoms with Gasteiger partial charge >= 0.3 is 5.97 Å². The summed E-state index contributed by atoms with van der Waals surface area (Å²) in [5.74, 6) is -0.910. The number of esters is 1. The van der Waals surface area contributed by atoms with Crippen LogP contribution in [0.4, 0.5) is 10.1 Å². The molecule has 0 amide bonds. The van der Waals surface area contributed by atoms with Crippen LogP contribution in [0.2, 0.25) is 5.02 Å². The smallest absolute Gasteiger partial charge is 0.350 e. The van der Waals surface area contributed by atoms with Gasteiger partial charge in [-0.25, -0.2) is 9.18 Å². The molecule has 1 aromatic carbocycles.